The molecule has 2 rings (SSSR count). The van der Waals surface area contributed by atoms with Crippen LogP contribution in [0.25, 0.3) is 0 Å². The minimum atomic E-state index is -0.509. The van der Waals surface area contributed by atoms with Crippen molar-refractivity contribution in [2.45, 2.75) is 0 Å². The Hall–Kier alpha value is -2.37. The number of urea groups is 1. The van der Waals surface area contributed by atoms with Gasteiger partial charge in [0, 0.05) is 18.8 Å². The van der Waals surface area contributed by atoms with Crippen LogP contribution >= 0.6 is 0 Å². The van der Waals surface area contributed by atoms with E-state index in [0.717, 1.165) is 0 Å². The van der Waals surface area contributed by atoms with Crippen molar-refractivity contribution in [1.82, 2.24) is 5.32 Å². The summed E-state index contributed by atoms with van der Waals surface area (Å²) in [5.41, 5.74) is 0.171. The summed E-state index contributed by atoms with van der Waals surface area (Å²) in [6.07, 6.45) is 3.25. The Morgan fingerprint density at radius 3 is 2.81 bits per heavy atom. The Bertz CT molecular complexity index is 470. The molecule has 0 radical (unpaired) electrons. The fraction of sp³-hybridized carbons (Fsp3) is 0.100. The summed E-state index contributed by atoms with van der Waals surface area (Å²) in [5.74, 6) is 0. The number of amides is 2. The summed E-state index contributed by atoms with van der Waals surface area (Å²) in [7, 11) is 0. The average Bonchev–Trinajstić information content (AvgIpc) is 2.29. The molecule has 0 atom stereocenters. The van der Waals surface area contributed by atoms with Gasteiger partial charge in [0.2, 0.25) is 0 Å². The normalized spacial score (nSPS) is 14.8. The maximum Gasteiger partial charge on any atom is 0.326 e. The van der Waals surface area contributed by atoms with Crippen molar-refractivity contribution in [1.29, 1.82) is 0 Å². The van der Waals surface area contributed by atoms with E-state index in [1.807, 2.05) is 0 Å². The van der Waals surface area contributed by atoms with Gasteiger partial charge >= 0.3 is 6.03 Å². The Labute approximate surface area is 91.3 Å². The largest absolute Gasteiger partial charge is 0.334 e. The quantitative estimate of drug-likeness (QED) is 0.606. The summed E-state index contributed by atoms with van der Waals surface area (Å²) in [6, 6.07) is 5.75. The Kier molecular flexibility index (Phi) is 2.55. The number of carbonyl (C=O) groups is 1. The van der Waals surface area contributed by atoms with Crippen LogP contribution in [0.1, 0.15) is 0 Å². The molecule has 0 aromatic heterocycles. The van der Waals surface area contributed by atoms with E-state index in [9.17, 15) is 14.9 Å². The zero-order valence-electron chi connectivity index (χ0n) is 8.29. The highest BCUT2D eigenvalue weighted by Crippen LogP contribution is 2.28. The second-order valence-corrected chi connectivity index (χ2v) is 3.19. The third-order valence-electron chi connectivity index (χ3n) is 2.18. The van der Waals surface area contributed by atoms with Gasteiger partial charge in [0.1, 0.15) is 5.69 Å². The van der Waals surface area contributed by atoms with Crippen LogP contribution in [0.3, 0.4) is 0 Å². The topological polar surface area (TPSA) is 75.5 Å². The van der Waals surface area contributed by atoms with Crippen LogP contribution in [0.5, 0.6) is 0 Å². The first-order valence-electron chi connectivity index (χ1n) is 4.67. The second kappa shape index (κ2) is 4.01. The highest BCUT2D eigenvalue weighted by molar-refractivity contribution is 5.97. The molecule has 1 aliphatic rings. The molecule has 0 unspecified atom stereocenters. The van der Waals surface area contributed by atoms with Gasteiger partial charge < -0.3 is 5.32 Å². The first kappa shape index (κ1) is 10.2. The Morgan fingerprint density at radius 2 is 2.12 bits per heavy atom. The molecule has 0 saturated heterocycles. The van der Waals surface area contributed by atoms with Crippen molar-refractivity contribution < 1.29 is 9.72 Å². The fourth-order valence-electron chi connectivity index (χ4n) is 1.47. The molecular weight excluding hydrogens is 210 g/mol. The maximum atomic E-state index is 11.5. The van der Waals surface area contributed by atoms with Crippen LogP contribution in [0.2, 0.25) is 0 Å². The van der Waals surface area contributed by atoms with Crippen molar-refractivity contribution in [3.05, 3.63) is 46.7 Å². The van der Waals surface area contributed by atoms with E-state index in [2.05, 4.69) is 5.32 Å². The van der Waals surface area contributed by atoms with Gasteiger partial charge in [-0.1, -0.05) is 12.1 Å². The summed E-state index contributed by atoms with van der Waals surface area (Å²) in [4.78, 5) is 23.0. The van der Waals surface area contributed by atoms with E-state index in [0.29, 0.717) is 6.54 Å². The number of hydrogen-bond acceptors (Lipinski definition) is 3. The van der Waals surface area contributed by atoms with Crippen LogP contribution in [-0.4, -0.2) is 17.5 Å². The number of carbonyl (C=O) groups excluding carboxylic acids is 1. The summed E-state index contributed by atoms with van der Waals surface area (Å²) in [6.45, 7) is 0.440. The van der Waals surface area contributed by atoms with Crippen LogP contribution in [0.15, 0.2) is 36.5 Å². The van der Waals surface area contributed by atoms with Gasteiger partial charge in [0.05, 0.1) is 4.92 Å². The number of nitro groups is 1. The van der Waals surface area contributed by atoms with E-state index < -0.39 is 4.92 Å². The van der Waals surface area contributed by atoms with Crippen LogP contribution in [-0.2, 0) is 0 Å². The zero-order valence-corrected chi connectivity index (χ0v) is 8.29. The third kappa shape index (κ3) is 1.72. The summed E-state index contributed by atoms with van der Waals surface area (Å²) < 4.78 is 0. The fourth-order valence-corrected chi connectivity index (χ4v) is 1.47. The molecule has 1 heterocycles. The summed E-state index contributed by atoms with van der Waals surface area (Å²) in [5, 5.41) is 13.4. The predicted octanol–water partition coefficient (Wildman–Crippen LogP) is 1.64. The lowest BCUT2D eigenvalue weighted by Gasteiger charge is -2.21. The first-order valence-corrected chi connectivity index (χ1v) is 4.67. The highest BCUT2D eigenvalue weighted by Gasteiger charge is 2.23. The maximum absolute atomic E-state index is 11.5. The van der Waals surface area contributed by atoms with Crippen LogP contribution < -0.4 is 10.2 Å². The predicted molar refractivity (Wildman–Crippen MR) is 58.1 cm³/mol. The number of nitrogens with zero attached hydrogens (tertiary/aromatic N) is 2. The minimum Gasteiger partial charge on any atom is -0.334 e. The molecule has 0 bridgehead atoms. The average molecular weight is 219 g/mol. The second-order valence-electron chi connectivity index (χ2n) is 3.19. The van der Waals surface area contributed by atoms with Gasteiger partial charge in [-0.3, -0.25) is 15.0 Å². The number of anilines is 1. The lowest BCUT2D eigenvalue weighted by Crippen LogP contribution is -2.40. The standard InChI is InChI=1S/C10H9N3O3/c14-10-11-6-3-7-12(10)8-4-1-2-5-9(8)13(15)16/h1-5,7H,6H2,(H,11,14). The molecule has 16 heavy (non-hydrogen) atoms. The number of rotatable bonds is 2. The zero-order chi connectivity index (χ0) is 11.5. The van der Waals surface area contributed by atoms with Crippen molar-refractivity contribution in [2.75, 3.05) is 11.4 Å². The Morgan fingerprint density at radius 1 is 1.38 bits per heavy atom. The van der Waals surface area contributed by atoms with Gasteiger partial charge in [-0.05, 0) is 12.1 Å². The van der Waals surface area contributed by atoms with Gasteiger partial charge in [-0.25, -0.2) is 4.79 Å². The third-order valence-corrected chi connectivity index (χ3v) is 2.18. The van der Waals surface area contributed by atoms with E-state index in [4.69, 9.17) is 0 Å². The Balaban J connectivity index is 2.46. The molecule has 0 fully saturated rings. The lowest BCUT2D eigenvalue weighted by molar-refractivity contribution is -0.384. The number of nitrogens with one attached hydrogen (secondary N) is 1. The van der Waals surface area contributed by atoms with Crippen molar-refractivity contribution >= 4 is 17.4 Å². The van der Waals surface area contributed by atoms with Gasteiger partial charge in [-0.2, -0.15) is 0 Å². The SMILES string of the molecule is O=C1NCC=CN1c1ccccc1[N+](=O)[O-]. The number of benzene rings is 1. The molecule has 1 N–H and O–H groups in total. The van der Waals surface area contributed by atoms with Crippen LogP contribution in [0.4, 0.5) is 16.2 Å². The highest BCUT2D eigenvalue weighted by atomic mass is 16.6. The van der Waals surface area contributed by atoms with E-state index in [-0.39, 0.29) is 17.4 Å². The van der Waals surface area contributed by atoms with Gasteiger partial charge in [-0.15, -0.1) is 0 Å². The molecule has 6 nitrogen and oxygen atoms in total. The first-order chi connectivity index (χ1) is 7.70. The molecule has 0 saturated carbocycles. The van der Waals surface area contributed by atoms with E-state index in [1.54, 1.807) is 18.2 Å². The van der Waals surface area contributed by atoms with Crippen LogP contribution in [0, 0.1) is 10.1 Å². The monoisotopic (exact) mass is 219 g/mol. The molecule has 6 heteroatoms. The lowest BCUT2D eigenvalue weighted by atomic mass is 10.2. The molecule has 2 amide bonds. The molecule has 0 spiro atoms. The van der Waals surface area contributed by atoms with E-state index >= 15 is 0 Å². The molecule has 1 aliphatic heterocycles. The number of hydrogen-bond donors (Lipinski definition) is 1. The molecule has 1 aromatic carbocycles. The van der Waals surface area contributed by atoms with Gasteiger partial charge in [0.15, 0.2) is 0 Å². The molecule has 82 valence electrons. The van der Waals surface area contributed by atoms with Crippen molar-refractivity contribution in [2.24, 2.45) is 0 Å². The molecule has 0 aliphatic carbocycles. The minimum absolute atomic E-state index is 0.0933. The van der Waals surface area contributed by atoms with Crippen molar-refractivity contribution in [3.63, 3.8) is 0 Å². The molecular formula is C10H9N3O3. The molecule has 1 aromatic rings. The number of nitro benzene ring substituents is 1. The smallest absolute Gasteiger partial charge is 0.326 e. The van der Waals surface area contributed by atoms with Crippen molar-refractivity contribution in [3.8, 4) is 0 Å². The number of para-hydroxylation sites is 2. The van der Waals surface area contributed by atoms with Gasteiger partial charge in [0.25, 0.3) is 5.69 Å². The van der Waals surface area contributed by atoms with E-state index in [1.165, 1.54) is 23.2 Å². The summed E-state index contributed by atoms with van der Waals surface area (Å²) >= 11 is 0.